The van der Waals surface area contributed by atoms with Crippen LogP contribution in [-0.4, -0.2) is 164 Å². The van der Waals surface area contributed by atoms with Crippen LogP contribution in [0.25, 0.3) is 0 Å². The fourth-order valence-corrected chi connectivity index (χ4v) is 15.2. The zero-order valence-electron chi connectivity index (χ0n) is 67.5. The Morgan fingerprint density at radius 3 is 0.845 bits per heavy atom. The number of likely N-dealkylation sites (tertiary alicyclic amines) is 3. The molecule has 5 aromatic carbocycles. The number of hydrogen-bond donors (Lipinski definition) is 5. The van der Waals surface area contributed by atoms with Gasteiger partial charge >= 0.3 is 0 Å². The van der Waals surface area contributed by atoms with Gasteiger partial charge in [0.05, 0.1) is 29.6 Å². The van der Waals surface area contributed by atoms with Crippen molar-refractivity contribution in [2.24, 2.45) is 35.5 Å². The highest BCUT2D eigenvalue weighted by molar-refractivity contribution is 9.10. The van der Waals surface area contributed by atoms with Crippen LogP contribution in [-0.2, 0) is 38.4 Å². The van der Waals surface area contributed by atoms with Gasteiger partial charge in [0.25, 0.3) is 0 Å². The Balaban J connectivity index is 0.000000215. The zero-order valence-corrected chi connectivity index (χ0v) is 72.1. The van der Waals surface area contributed by atoms with Crippen LogP contribution in [0.5, 0.6) is 0 Å². The van der Waals surface area contributed by atoms with Gasteiger partial charge in [0.1, 0.15) is 28.9 Å². The Kier molecular flexibility index (Phi) is 40.5. The highest BCUT2D eigenvalue weighted by Gasteiger charge is 2.33. The molecule has 21 heteroatoms. The Morgan fingerprint density at radius 2 is 0.582 bits per heavy atom. The number of nitrogens with zero attached hydrogens (tertiary/aromatic N) is 3. The summed E-state index contributed by atoms with van der Waals surface area (Å²) < 4.78 is 1.05. The first-order valence-corrected chi connectivity index (χ1v) is 42.5. The molecule has 7 atom stereocenters. The quantitative estimate of drug-likeness (QED) is 0.0280. The van der Waals surface area contributed by atoms with Gasteiger partial charge in [0.2, 0.25) is 17.7 Å². The molecule has 0 aromatic heterocycles. The van der Waals surface area contributed by atoms with Gasteiger partial charge in [-0.05, 0) is 152 Å². The Hall–Kier alpha value is -5.70. The van der Waals surface area contributed by atoms with Gasteiger partial charge in [-0.25, -0.2) is 0 Å². The lowest BCUT2D eigenvalue weighted by molar-refractivity contribution is -0.130. The Morgan fingerprint density at radius 1 is 0.336 bits per heavy atom. The van der Waals surface area contributed by atoms with E-state index in [1.54, 1.807) is 20.8 Å². The van der Waals surface area contributed by atoms with Gasteiger partial charge in [-0.3, -0.25) is 38.4 Å². The first-order chi connectivity index (χ1) is 52.3. The van der Waals surface area contributed by atoms with E-state index in [0.29, 0.717) is 58.4 Å². The topological polar surface area (TPSA) is 206 Å². The number of halogens is 5. The average molecular weight is 1660 g/mol. The predicted octanol–water partition coefficient (Wildman–Crippen LogP) is 17.3. The van der Waals surface area contributed by atoms with Crippen LogP contribution >= 0.6 is 62.3 Å². The molecule has 3 aliphatic heterocycles. The Labute approximate surface area is 686 Å². The van der Waals surface area contributed by atoms with E-state index in [4.69, 9.17) is 46.4 Å². The van der Waals surface area contributed by atoms with Gasteiger partial charge in [0, 0.05) is 171 Å². The third-order valence-electron chi connectivity index (χ3n) is 21.7. The first kappa shape index (κ1) is 93.2. The van der Waals surface area contributed by atoms with E-state index >= 15 is 0 Å². The predicted molar refractivity (Wildman–Crippen MR) is 454 cm³/mol. The number of benzene rings is 5. The standard InChI is InChI=1S/C19H27ClN2O2.2C18H25ClN2O2.C18H26ClNO.C16H22BrNO/c1-13(2)19(24)18(15-4-6-16(20)7-5-15)12-21-17-8-10-22(11-9-17)14(3)23;2*1-12(2)18(23)17(14-4-6-15(19)7-5-14)10-20-16-8-9-21(11-16)13(3)22;1-13(2)18(21)17(14-8-10-15(19)11-9-14)12-20-16-6-4-3-5-7-16;1-11(2)16(19)15(10-18-9-12-3-4-12)13-5-7-14(17)8-6-13/h4-7,13,17-18,21H,8-12H2,1-3H3;2*4-7,12,16-17,20H,8-11H2,1-3H3;8-11,13,16-17,20H,3-7,12H2,1-2H3;5-8,11-12,15,18H,3-4,9-10H2,1-2H3/t18-;16-,17+;16-,17-;17-;15-/m10111/s1. The molecule has 0 unspecified atom stereocenters. The number of carbonyl (C=O) groups is 8. The number of ketones is 5. The molecule has 5 fully saturated rings. The van der Waals surface area contributed by atoms with Crippen LogP contribution in [0.15, 0.2) is 126 Å². The largest absolute Gasteiger partial charge is 0.343 e. The number of hydrogen-bond acceptors (Lipinski definition) is 13. The van der Waals surface area contributed by atoms with E-state index in [0.717, 1.165) is 128 Å². The van der Waals surface area contributed by atoms with Crippen molar-refractivity contribution in [2.45, 2.75) is 214 Å². The molecule has 16 nitrogen and oxygen atoms in total. The summed E-state index contributed by atoms with van der Waals surface area (Å²) in [5.74, 6) is 2.01. The van der Waals surface area contributed by atoms with Crippen LogP contribution in [0.2, 0.25) is 20.1 Å². The molecule has 5 N–H and O–H groups in total. The van der Waals surface area contributed by atoms with E-state index in [9.17, 15) is 38.4 Å². The zero-order chi connectivity index (χ0) is 80.7. The average Bonchev–Trinajstić information content (AvgIpc) is 0.990. The summed E-state index contributed by atoms with van der Waals surface area (Å²) in [6, 6.07) is 39.8. The summed E-state index contributed by atoms with van der Waals surface area (Å²) in [7, 11) is 0. The normalized spacial score (nSPS) is 18.0. The molecule has 2 saturated carbocycles. The summed E-state index contributed by atoms with van der Waals surface area (Å²) in [6.07, 6.45) is 12.9. The molecule has 110 heavy (non-hydrogen) atoms. The third-order valence-corrected chi connectivity index (χ3v) is 23.2. The van der Waals surface area contributed by atoms with Crippen molar-refractivity contribution >= 4 is 109 Å². The number of rotatable bonds is 31. The van der Waals surface area contributed by atoms with E-state index in [1.165, 1.54) is 44.9 Å². The van der Waals surface area contributed by atoms with Crippen molar-refractivity contribution in [3.05, 3.63) is 174 Å². The molecule has 2 aliphatic carbocycles. The number of amides is 3. The molecule has 3 heterocycles. The van der Waals surface area contributed by atoms with Crippen molar-refractivity contribution in [3.8, 4) is 0 Å². The molecule has 5 aliphatic rings. The van der Waals surface area contributed by atoms with Crippen molar-refractivity contribution in [1.82, 2.24) is 41.3 Å². The van der Waals surface area contributed by atoms with Crippen LogP contribution < -0.4 is 26.6 Å². The number of piperidine rings is 1. The van der Waals surface area contributed by atoms with Gasteiger partial charge in [0.15, 0.2) is 0 Å². The van der Waals surface area contributed by atoms with Crippen LogP contribution in [0.1, 0.15) is 218 Å². The van der Waals surface area contributed by atoms with Crippen molar-refractivity contribution in [3.63, 3.8) is 0 Å². The van der Waals surface area contributed by atoms with Crippen LogP contribution in [0.3, 0.4) is 0 Å². The molecule has 3 saturated heterocycles. The van der Waals surface area contributed by atoms with Crippen LogP contribution in [0.4, 0.5) is 0 Å². The van der Waals surface area contributed by atoms with Gasteiger partial charge in [-0.2, -0.15) is 0 Å². The second-order valence-electron chi connectivity index (χ2n) is 32.1. The molecular formula is C89H125BrCl4N8O8. The maximum Gasteiger partial charge on any atom is 0.219 e. The van der Waals surface area contributed by atoms with Gasteiger partial charge in [-0.15, -0.1) is 0 Å². The van der Waals surface area contributed by atoms with Crippen molar-refractivity contribution in [2.75, 3.05) is 78.5 Å². The highest BCUT2D eigenvalue weighted by atomic mass is 79.9. The summed E-state index contributed by atoms with van der Waals surface area (Å²) >= 11 is 27.3. The number of Topliss-reactive ketones (excluding diaryl/α,β-unsaturated/α-hetero) is 5. The minimum Gasteiger partial charge on any atom is -0.343 e. The maximum absolute atomic E-state index is 12.6. The number of carbonyl (C=O) groups excluding carboxylic acids is 8. The van der Waals surface area contributed by atoms with Gasteiger partial charge < -0.3 is 41.3 Å². The van der Waals surface area contributed by atoms with Crippen molar-refractivity contribution in [1.29, 1.82) is 0 Å². The summed E-state index contributed by atoms with van der Waals surface area (Å²) in [4.78, 5) is 102. The minimum atomic E-state index is -0.182. The van der Waals surface area contributed by atoms with Crippen LogP contribution in [0, 0.1) is 35.5 Å². The third kappa shape index (κ3) is 31.9. The van der Waals surface area contributed by atoms with E-state index in [2.05, 4.69) is 42.5 Å². The maximum atomic E-state index is 12.6. The lowest BCUT2D eigenvalue weighted by atomic mass is 9.88. The second-order valence-corrected chi connectivity index (χ2v) is 34.7. The van der Waals surface area contributed by atoms with E-state index in [1.807, 2.05) is 205 Å². The van der Waals surface area contributed by atoms with Gasteiger partial charge in [-0.1, -0.05) is 211 Å². The fraction of sp³-hybridized carbons (Fsp3) is 0.573. The van der Waals surface area contributed by atoms with E-state index < -0.39 is 0 Å². The second kappa shape index (κ2) is 47.9. The molecule has 0 bridgehead atoms. The SMILES string of the molecule is CC(=O)N1CCC(NC[C@@H](C(=O)C(C)C)c2ccc(Cl)cc2)CC1.CC(=O)N1CC[C@@H](NC[C@@H](C(=O)C(C)C)c2ccc(Cl)cc2)C1.CC(=O)N1CC[C@H](NC[C@@H](C(=O)C(C)C)c2ccc(Cl)cc2)C1.CC(C)C(=O)[C@H](CNC1CCCCC1)c1ccc(Cl)cc1.CC(C)C(=O)[C@H](CNCC1CC1)c1ccc(Br)cc1. The molecule has 3 amide bonds. The lowest BCUT2D eigenvalue weighted by Gasteiger charge is -2.32. The molecule has 0 spiro atoms. The number of nitrogens with one attached hydrogen (secondary N) is 5. The summed E-state index contributed by atoms with van der Waals surface area (Å²) in [6.45, 7) is 33.3. The highest BCUT2D eigenvalue weighted by Crippen LogP contribution is 2.31. The lowest BCUT2D eigenvalue weighted by Crippen LogP contribution is -2.45. The van der Waals surface area contributed by atoms with E-state index in [-0.39, 0.29) is 106 Å². The molecular weight excluding hydrogens is 1530 g/mol. The van der Waals surface area contributed by atoms with Crippen molar-refractivity contribution < 1.29 is 38.4 Å². The first-order valence-electron chi connectivity index (χ1n) is 40.2. The molecule has 5 aromatic rings. The fourth-order valence-electron chi connectivity index (χ4n) is 14.4. The summed E-state index contributed by atoms with van der Waals surface area (Å²) in [5.41, 5.74) is 5.17. The summed E-state index contributed by atoms with van der Waals surface area (Å²) in [5, 5.41) is 20.3. The Bertz CT molecular complexity index is 3560. The molecule has 0 radical (unpaired) electrons. The molecule has 10 rings (SSSR count). The minimum absolute atomic E-state index is 0.00737. The smallest absolute Gasteiger partial charge is 0.219 e. The molecule has 604 valence electrons. The monoisotopic (exact) mass is 1650 g/mol.